The maximum Gasteiger partial charge on any atom is 0.280 e. The molecule has 6 rings (SSSR count). The Balaban J connectivity index is 1.65. The molecular weight excluding hydrogens is 438 g/mol. The van der Waals surface area contributed by atoms with E-state index in [9.17, 15) is 4.79 Å². The van der Waals surface area contributed by atoms with Crippen LogP contribution in [0.5, 0.6) is 5.88 Å². The Morgan fingerprint density at radius 3 is 2.51 bits per heavy atom. The van der Waals surface area contributed by atoms with Crippen molar-refractivity contribution in [2.75, 3.05) is 7.11 Å². The van der Waals surface area contributed by atoms with Crippen molar-refractivity contribution < 1.29 is 4.74 Å². The van der Waals surface area contributed by atoms with Gasteiger partial charge in [0.1, 0.15) is 0 Å². The van der Waals surface area contributed by atoms with E-state index in [1.54, 1.807) is 19.5 Å². The quantitative estimate of drug-likeness (QED) is 0.387. The number of aromatic amines is 1. The molecule has 4 aromatic heterocycles. The van der Waals surface area contributed by atoms with Crippen molar-refractivity contribution in [1.82, 2.24) is 24.6 Å². The van der Waals surface area contributed by atoms with Gasteiger partial charge < -0.3 is 4.74 Å². The van der Waals surface area contributed by atoms with E-state index in [2.05, 4.69) is 15.1 Å². The molecule has 0 amide bonds. The van der Waals surface area contributed by atoms with Crippen molar-refractivity contribution in [2.45, 2.75) is 6.92 Å². The molecule has 0 radical (unpaired) electrons. The first-order valence-corrected chi connectivity index (χ1v) is 11.2. The third-order valence-corrected chi connectivity index (χ3v) is 6.15. The van der Waals surface area contributed by atoms with Crippen LogP contribution < -0.4 is 10.3 Å². The van der Waals surface area contributed by atoms with E-state index in [1.165, 1.54) is 4.52 Å². The van der Waals surface area contributed by atoms with Crippen LogP contribution in [0, 0.1) is 6.92 Å². The van der Waals surface area contributed by atoms with E-state index < -0.39 is 0 Å². The Morgan fingerprint density at radius 2 is 1.69 bits per heavy atom. The number of hydrogen-bond acceptors (Lipinski definition) is 5. The van der Waals surface area contributed by atoms with Gasteiger partial charge in [-0.1, -0.05) is 42.5 Å². The maximum absolute atomic E-state index is 13.9. The van der Waals surface area contributed by atoms with Crippen molar-refractivity contribution in [3.05, 3.63) is 101 Å². The van der Waals surface area contributed by atoms with Crippen molar-refractivity contribution >= 4 is 16.6 Å². The summed E-state index contributed by atoms with van der Waals surface area (Å²) < 4.78 is 6.86. The first-order chi connectivity index (χ1) is 17.1. The molecule has 0 atom stereocenters. The molecule has 7 heteroatoms. The van der Waals surface area contributed by atoms with Gasteiger partial charge in [-0.3, -0.25) is 14.9 Å². The third kappa shape index (κ3) is 3.45. The lowest BCUT2D eigenvalue weighted by molar-refractivity contribution is 0.398. The lowest BCUT2D eigenvalue weighted by atomic mass is 10.0. The molecule has 0 saturated carbocycles. The largest absolute Gasteiger partial charge is 0.481 e. The molecule has 2 aromatic carbocycles. The fraction of sp³-hybridized carbons (Fsp3) is 0.0714. The molecule has 4 heterocycles. The fourth-order valence-electron chi connectivity index (χ4n) is 4.51. The van der Waals surface area contributed by atoms with Gasteiger partial charge in [-0.25, -0.2) is 9.97 Å². The van der Waals surface area contributed by atoms with Crippen LogP contribution in [0.3, 0.4) is 0 Å². The van der Waals surface area contributed by atoms with E-state index in [4.69, 9.17) is 9.72 Å². The van der Waals surface area contributed by atoms with E-state index in [1.807, 2.05) is 79.7 Å². The van der Waals surface area contributed by atoms with Gasteiger partial charge >= 0.3 is 0 Å². The Kier molecular flexibility index (Phi) is 4.88. The summed E-state index contributed by atoms with van der Waals surface area (Å²) in [6.45, 7) is 1.88. The molecule has 1 N–H and O–H groups in total. The van der Waals surface area contributed by atoms with Crippen molar-refractivity contribution in [1.29, 1.82) is 0 Å². The average molecular weight is 460 g/mol. The zero-order valence-corrected chi connectivity index (χ0v) is 19.2. The van der Waals surface area contributed by atoms with E-state index in [0.717, 1.165) is 38.9 Å². The second kappa shape index (κ2) is 8.22. The highest BCUT2D eigenvalue weighted by atomic mass is 16.5. The van der Waals surface area contributed by atoms with Crippen LogP contribution in [0.25, 0.3) is 50.1 Å². The van der Waals surface area contributed by atoms with Gasteiger partial charge in [-0.2, -0.15) is 4.52 Å². The number of aryl methyl sites for hydroxylation is 1. The molecule has 7 nitrogen and oxygen atoms in total. The molecule has 0 aliphatic heterocycles. The Morgan fingerprint density at radius 1 is 0.829 bits per heavy atom. The molecule has 0 unspecified atom stereocenters. The van der Waals surface area contributed by atoms with E-state index in [0.29, 0.717) is 22.8 Å². The van der Waals surface area contributed by atoms with E-state index >= 15 is 0 Å². The number of pyridine rings is 2. The van der Waals surface area contributed by atoms with Gasteiger partial charge in [0.2, 0.25) is 5.88 Å². The predicted molar refractivity (Wildman–Crippen MR) is 137 cm³/mol. The SMILES string of the molecule is COc1cc(-c2[nH]n3c(=O)c(-c4ccc5ncccc5c4)c(C)nc3c2-c2ccccc2)ccn1. The maximum atomic E-state index is 13.9. The molecule has 0 fully saturated rings. The minimum Gasteiger partial charge on any atom is -0.481 e. The normalized spacial score (nSPS) is 11.3. The summed E-state index contributed by atoms with van der Waals surface area (Å²) >= 11 is 0. The standard InChI is InChI=1S/C28H21N5O2/c1-17-24(20-10-11-22-19(15-20)9-6-13-29-22)28(34)33-27(31-17)25(18-7-4-3-5-8-18)26(32-33)21-12-14-30-23(16-21)35-2/h3-16,32H,1-2H3. The molecule has 6 aromatic rings. The number of H-pyrrole nitrogens is 1. The second-order valence-corrected chi connectivity index (χ2v) is 8.26. The van der Waals surface area contributed by atoms with Gasteiger partial charge in [0, 0.05) is 29.4 Å². The van der Waals surface area contributed by atoms with Crippen LogP contribution in [-0.2, 0) is 0 Å². The Hall–Kier alpha value is -4.78. The summed E-state index contributed by atoms with van der Waals surface area (Å²) in [7, 11) is 1.58. The fourth-order valence-corrected chi connectivity index (χ4v) is 4.51. The van der Waals surface area contributed by atoms with Crippen LogP contribution in [0.1, 0.15) is 5.69 Å². The monoisotopic (exact) mass is 459 g/mol. The van der Waals surface area contributed by atoms with Crippen LogP contribution in [0.2, 0.25) is 0 Å². The van der Waals surface area contributed by atoms with Crippen LogP contribution in [0.15, 0.2) is 90.0 Å². The number of fused-ring (bicyclic) bond motifs is 2. The molecule has 0 aliphatic rings. The number of methoxy groups -OCH3 is 1. The number of benzene rings is 2. The number of rotatable bonds is 4. The first-order valence-electron chi connectivity index (χ1n) is 11.2. The van der Waals surface area contributed by atoms with Gasteiger partial charge in [0.05, 0.1) is 35.1 Å². The molecule has 0 aliphatic carbocycles. The Bertz CT molecular complexity index is 1770. The summed E-state index contributed by atoms with van der Waals surface area (Å²) in [5.74, 6) is 0.488. The molecule has 170 valence electrons. The average Bonchev–Trinajstić information content (AvgIpc) is 3.29. The van der Waals surface area contributed by atoms with Crippen LogP contribution in [-0.4, -0.2) is 31.7 Å². The lowest BCUT2D eigenvalue weighted by Crippen LogP contribution is -2.19. The van der Waals surface area contributed by atoms with Crippen molar-refractivity contribution in [3.63, 3.8) is 0 Å². The minimum atomic E-state index is -0.166. The number of ether oxygens (including phenoxy) is 1. The molecule has 0 spiro atoms. The second-order valence-electron chi connectivity index (χ2n) is 8.26. The highest BCUT2D eigenvalue weighted by Crippen LogP contribution is 2.35. The van der Waals surface area contributed by atoms with Gasteiger partial charge in [-0.05, 0) is 42.3 Å². The number of nitrogens with zero attached hydrogens (tertiary/aromatic N) is 4. The topological polar surface area (TPSA) is 85.2 Å². The zero-order valence-electron chi connectivity index (χ0n) is 19.2. The van der Waals surface area contributed by atoms with Gasteiger partial charge in [0.25, 0.3) is 5.56 Å². The predicted octanol–water partition coefficient (Wildman–Crippen LogP) is 5.28. The third-order valence-electron chi connectivity index (χ3n) is 6.15. The summed E-state index contributed by atoms with van der Waals surface area (Å²) in [5.41, 5.74) is 6.69. The highest BCUT2D eigenvalue weighted by Gasteiger charge is 2.21. The first kappa shape index (κ1) is 20.8. The Labute approximate surface area is 200 Å². The van der Waals surface area contributed by atoms with Crippen LogP contribution >= 0.6 is 0 Å². The molecule has 0 bridgehead atoms. The number of nitrogens with one attached hydrogen (secondary N) is 1. The molecular formula is C28H21N5O2. The zero-order chi connectivity index (χ0) is 23.9. The highest BCUT2D eigenvalue weighted by molar-refractivity contribution is 5.91. The van der Waals surface area contributed by atoms with Crippen molar-refractivity contribution in [2.24, 2.45) is 0 Å². The summed E-state index contributed by atoms with van der Waals surface area (Å²) in [4.78, 5) is 27.4. The molecule has 35 heavy (non-hydrogen) atoms. The minimum absolute atomic E-state index is 0.166. The van der Waals surface area contributed by atoms with Crippen molar-refractivity contribution in [3.8, 4) is 39.4 Å². The van der Waals surface area contributed by atoms with E-state index in [-0.39, 0.29) is 5.56 Å². The van der Waals surface area contributed by atoms with Gasteiger partial charge in [0.15, 0.2) is 5.65 Å². The number of aromatic nitrogens is 5. The van der Waals surface area contributed by atoms with Gasteiger partial charge in [-0.15, -0.1) is 0 Å². The summed E-state index contributed by atoms with van der Waals surface area (Å²) in [6.07, 6.45) is 3.44. The summed E-state index contributed by atoms with van der Waals surface area (Å²) in [5, 5.41) is 4.29. The smallest absolute Gasteiger partial charge is 0.280 e. The molecule has 0 saturated heterocycles. The van der Waals surface area contributed by atoms with Crippen LogP contribution in [0.4, 0.5) is 0 Å². The number of hydrogen-bond donors (Lipinski definition) is 1. The lowest BCUT2D eigenvalue weighted by Gasteiger charge is -2.08. The summed E-state index contributed by atoms with van der Waals surface area (Å²) in [6, 6.07) is 23.4.